The molecule has 3 aromatic rings. The summed E-state index contributed by atoms with van der Waals surface area (Å²) in [7, 11) is 0. The number of hydrogen-bond donors (Lipinski definition) is 1. The van der Waals surface area contributed by atoms with Gasteiger partial charge in [-0.2, -0.15) is 0 Å². The first-order valence-corrected chi connectivity index (χ1v) is 8.83. The molecule has 0 unspecified atom stereocenters. The Morgan fingerprint density at radius 2 is 1.73 bits per heavy atom. The van der Waals surface area contributed by atoms with Gasteiger partial charge in [0.05, 0.1) is 21.6 Å². The Bertz CT molecular complexity index is 904. The normalized spacial score (nSPS) is 10.5. The van der Waals surface area contributed by atoms with E-state index in [1.54, 1.807) is 30.3 Å². The number of fused-ring (bicyclic) bond motifs is 1. The third kappa shape index (κ3) is 4.73. The van der Waals surface area contributed by atoms with Gasteiger partial charge in [0.2, 0.25) is 0 Å². The van der Waals surface area contributed by atoms with Gasteiger partial charge in [-0.05, 0) is 24.3 Å². The molecule has 7 heteroatoms. The number of amides is 2. The summed E-state index contributed by atoms with van der Waals surface area (Å²) in [6.45, 7) is -0.489. The lowest BCUT2D eigenvalue weighted by molar-refractivity contribution is -0.148. The molecular formula is C19H16N2O4S. The number of ether oxygens (including phenoxy) is 1. The SMILES string of the molecule is O=C(COC(=O)CCc1nc2ccccc2s1)NC(=O)c1ccccc1. The molecule has 2 aromatic carbocycles. The number of aryl methyl sites for hydroxylation is 1. The molecule has 6 nitrogen and oxygen atoms in total. The molecule has 0 fully saturated rings. The Morgan fingerprint density at radius 1 is 1.00 bits per heavy atom. The molecule has 26 heavy (non-hydrogen) atoms. The van der Waals surface area contributed by atoms with Crippen molar-refractivity contribution in [1.29, 1.82) is 0 Å². The van der Waals surface area contributed by atoms with Crippen LogP contribution < -0.4 is 5.32 Å². The molecule has 0 aliphatic rings. The number of thiazole rings is 1. The summed E-state index contributed by atoms with van der Waals surface area (Å²) < 4.78 is 5.97. The highest BCUT2D eigenvalue weighted by Gasteiger charge is 2.13. The van der Waals surface area contributed by atoms with E-state index in [-0.39, 0.29) is 6.42 Å². The van der Waals surface area contributed by atoms with Crippen LogP contribution in [0.5, 0.6) is 0 Å². The van der Waals surface area contributed by atoms with Crippen LogP contribution in [-0.4, -0.2) is 29.4 Å². The van der Waals surface area contributed by atoms with Crippen LogP contribution in [0.2, 0.25) is 0 Å². The number of rotatable bonds is 6. The van der Waals surface area contributed by atoms with Crippen molar-refractivity contribution < 1.29 is 19.1 Å². The lowest BCUT2D eigenvalue weighted by Crippen LogP contribution is -2.34. The maximum atomic E-state index is 11.8. The second-order valence-corrected chi connectivity index (χ2v) is 6.59. The van der Waals surface area contributed by atoms with Crippen LogP contribution in [0.15, 0.2) is 54.6 Å². The highest BCUT2D eigenvalue weighted by atomic mass is 32.1. The molecule has 3 rings (SSSR count). The van der Waals surface area contributed by atoms with Crippen LogP contribution >= 0.6 is 11.3 Å². The van der Waals surface area contributed by atoms with Gasteiger partial charge in [-0.3, -0.25) is 19.7 Å². The average Bonchev–Trinajstić information content (AvgIpc) is 3.08. The van der Waals surface area contributed by atoms with Gasteiger partial charge < -0.3 is 4.74 Å². The fraction of sp³-hybridized carbons (Fsp3) is 0.158. The topological polar surface area (TPSA) is 85.4 Å². The van der Waals surface area contributed by atoms with Crippen LogP contribution in [0, 0.1) is 0 Å². The standard InChI is InChI=1S/C19H16N2O4S/c22-16(21-19(24)13-6-2-1-3-7-13)12-25-18(23)11-10-17-20-14-8-4-5-9-15(14)26-17/h1-9H,10-12H2,(H,21,22,24). The minimum atomic E-state index is -0.660. The van der Waals surface area contributed by atoms with Gasteiger partial charge in [0.25, 0.3) is 11.8 Å². The summed E-state index contributed by atoms with van der Waals surface area (Å²) in [6, 6.07) is 16.1. The predicted molar refractivity (Wildman–Crippen MR) is 97.8 cm³/mol. The van der Waals surface area contributed by atoms with E-state index >= 15 is 0 Å². The first kappa shape index (κ1) is 17.8. The van der Waals surface area contributed by atoms with Crippen molar-refractivity contribution >= 4 is 39.3 Å². The van der Waals surface area contributed by atoms with Gasteiger partial charge in [0, 0.05) is 12.0 Å². The number of imide groups is 1. The Balaban J connectivity index is 1.42. The van der Waals surface area contributed by atoms with E-state index in [2.05, 4.69) is 10.3 Å². The van der Waals surface area contributed by atoms with Crippen LogP contribution in [0.3, 0.4) is 0 Å². The molecule has 0 spiro atoms. The zero-order valence-electron chi connectivity index (χ0n) is 13.8. The lowest BCUT2D eigenvalue weighted by atomic mass is 10.2. The summed E-state index contributed by atoms with van der Waals surface area (Å²) in [6.07, 6.45) is 0.572. The number of carbonyl (C=O) groups is 3. The second-order valence-electron chi connectivity index (χ2n) is 5.48. The predicted octanol–water partition coefficient (Wildman–Crippen LogP) is 2.73. The second kappa shape index (κ2) is 8.35. The summed E-state index contributed by atoms with van der Waals surface area (Å²) in [5.41, 5.74) is 1.27. The molecule has 0 saturated heterocycles. The summed E-state index contributed by atoms with van der Waals surface area (Å²) >= 11 is 1.53. The molecule has 2 amide bonds. The van der Waals surface area contributed by atoms with Gasteiger partial charge in [-0.1, -0.05) is 30.3 Å². The van der Waals surface area contributed by atoms with Crippen LogP contribution in [0.25, 0.3) is 10.2 Å². The summed E-state index contributed by atoms with van der Waals surface area (Å²) in [5.74, 6) is -1.69. The molecule has 1 N–H and O–H groups in total. The number of hydrogen-bond acceptors (Lipinski definition) is 6. The van der Waals surface area contributed by atoms with Crippen LogP contribution in [0.1, 0.15) is 21.8 Å². The number of esters is 1. The smallest absolute Gasteiger partial charge is 0.306 e. The number of aromatic nitrogens is 1. The Morgan fingerprint density at radius 3 is 2.50 bits per heavy atom. The largest absolute Gasteiger partial charge is 0.456 e. The summed E-state index contributed by atoms with van der Waals surface area (Å²) in [4.78, 5) is 39.7. The van der Waals surface area contributed by atoms with E-state index in [4.69, 9.17) is 4.74 Å². The Labute approximate surface area is 153 Å². The molecule has 0 radical (unpaired) electrons. The van der Waals surface area contributed by atoms with Crippen molar-refractivity contribution in [2.24, 2.45) is 0 Å². The Hall–Kier alpha value is -3.06. The minimum Gasteiger partial charge on any atom is -0.456 e. The Kier molecular flexibility index (Phi) is 5.70. The van der Waals surface area contributed by atoms with Crippen molar-refractivity contribution in [1.82, 2.24) is 10.3 Å². The zero-order valence-corrected chi connectivity index (χ0v) is 14.6. The number of benzene rings is 2. The van der Waals surface area contributed by atoms with Crippen molar-refractivity contribution in [2.45, 2.75) is 12.8 Å². The zero-order chi connectivity index (χ0) is 18.4. The third-order valence-corrected chi connectivity index (χ3v) is 4.63. The third-order valence-electron chi connectivity index (χ3n) is 3.53. The minimum absolute atomic E-state index is 0.125. The molecule has 0 aliphatic heterocycles. The van der Waals surface area contributed by atoms with E-state index in [9.17, 15) is 14.4 Å². The molecule has 0 aliphatic carbocycles. The van der Waals surface area contributed by atoms with E-state index in [1.165, 1.54) is 11.3 Å². The molecule has 0 saturated carbocycles. The van der Waals surface area contributed by atoms with Crippen molar-refractivity contribution in [2.75, 3.05) is 6.61 Å². The van der Waals surface area contributed by atoms with Gasteiger partial charge in [-0.25, -0.2) is 4.98 Å². The van der Waals surface area contributed by atoms with Gasteiger partial charge in [-0.15, -0.1) is 11.3 Å². The average molecular weight is 368 g/mol. The van der Waals surface area contributed by atoms with Crippen molar-refractivity contribution in [3.05, 3.63) is 65.2 Å². The van der Waals surface area contributed by atoms with Crippen LogP contribution in [-0.2, 0) is 20.7 Å². The van der Waals surface area contributed by atoms with Gasteiger partial charge >= 0.3 is 5.97 Å². The van der Waals surface area contributed by atoms with Gasteiger partial charge in [0.1, 0.15) is 0 Å². The molecule has 132 valence electrons. The number of para-hydroxylation sites is 1. The highest BCUT2D eigenvalue weighted by molar-refractivity contribution is 7.18. The lowest BCUT2D eigenvalue weighted by Gasteiger charge is -2.05. The van der Waals surface area contributed by atoms with E-state index in [1.807, 2.05) is 24.3 Å². The molecule has 1 heterocycles. The maximum absolute atomic E-state index is 11.8. The van der Waals surface area contributed by atoms with Crippen molar-refractivity contribution in [3.63, 3.8) is 0 Å². The number of nitrogens with one attached hydrogen (secondary N) is 1. The maximum Gasteiger partial charge on any atom is 0.306 e. The number of nitrogens with zero attached hydrogens (tertiary/aromatic N) is 1. The highest BCUT2D eigenvalue weighted by Crippen LogP contribution is 2.22. The first-order valence-electron chi connectivity index (χ1n) is 8.01. The molecule has 1 aromatic heterocycles. The molecule has 0 bridgehead atoms. The first-order chi connectivity index (χ1) is 12.6. The van der Waals surface area contributed by atoms with Crippen LogP contribution in [0.4, 0.5) is 0 Å². The van der Waals surface area contributed by atoms with Crippen molar-refractivity contribution in [3.8, 4) is 0 Å². The van der Waals surface area contributed by atoms with E-state index < -0.39 is 24.4 Å². The van der Waals surface area contributed by atoms with Gasteiger partial charge in [0.15, 0.2) is 6.61 Å². The fourth-order valence-electron chi connectivity index (χ4n) is 2.28. The monoisotopic (exact) mass is 368 g/mol. The molecule has 0 atom stereocenters. The fourth-order valence-corrected chi connectivity index (χ4v) is 3.25. The van der Waals surface area contributed by atoms with E-state index in [0.29, 0.717) is 12.0 Å². The summed E-state index contributed by atoms with van der Waals surface area (Å²) in [5, 5.41) is 3.02. The molecular weight excluding hydrogens is 352 g/mol. The number of carbonyl (C=O) groups excluding carboxylic acids is 3. The quantitative estimate of drug-likeness (QED) is 0.676. The van der Waals surface area contributed by atoms with E-state index in [0.717, 1.165) is 15.2 Å².